The standard InChI is InChI=1S/C17H19NO3/c1-13-9-14(2)11-16(10-13)20-7-8-21-17-6-4-3-5-15(17)12-18-19/h3-6,9-12,19H,7-8H2,1-2H3. The molecule has 0 amide bonds. The molecule has 2 aromatic carbocycles. The number of aryl methyl sites for hydroxylation is 2. The Morgan fingerprint density at radius 2 is 1.67 bits per heavy atom. The number of benzene rings is 2. The molecule has 2 aromatic rings. The van der Waals surface area contributed by atoms with Crippen molar-refractivity contribution in [1.82, 2.24) is 0 Å². The van der Waals surface area contributed by atoms with Crippen molar-refractivity contribution in [2.45, 2.75) is 13.8 Å². The average molecular weight is 285 g/mol. The number of hydrogen-bond acceptors (Lipinski definition) is 4. The summed E-state index contributed by atoms with van der Waals surface area (Å²) in [5.41, 5.74) is 3.08. The van der Waals surface area contributed by atoms with Crippen molar-refractivity contribution in [1.29, 1.82) is 0 Å². The van der Waals surface area contributed by atoms with Gasteiger partial charge in [0.2, 0.25) is 0 Å². The van der Waals surface area contributed by atoms with Crippen molar-refractivity contribution in [2.24, 2.45) is 5.16 Å². The van der Waals surface area contributed by atoms with Crippen molar-refractivity contribution in [3.05, 3.63) is 59.2 Å². The maximum atomic E-state index is 8.61. The summed E-state index contributed by atoms with van der Waals surface area (Å²) in [5.74, 6) is 1.51. The second-order valence-corrected chi connectivity index (χ2v) is 4.80. The van der Waals surface area contributed by atoms with Gasteiger partial charge in [0.25, 0.3) is 0 Å². The zero-order valence-electron chi connectivity index (χ0n) is 12.2. The lowest BCUT2D eigenvalue weighted by atomic mass is 10.1. The highest BCUT2D eigenvalue weighted by Gasteiger charge is 2.01. The van der Waals surface area contributed by atoms with Crippen LogP contribution in [-0.4, -0.2) is 24.6 Å². The summed E-state index contributed by atoms with van der Waals surface area (Å²) in [6.45, 7) is 4.96. The summed E-state index contributed by atoms with van der Waals surface area (Å²) < 4.78 is 11.3. The van der Waals surface area contributed by atoms with E-state index in [9.17, 15) is 0 Å². The highest BCUT2D eigenvalue weighted by molar-refractivity contribution is 5.82. The number of ether oxygens (including phenoxy) is 2. The predicted octanol–water partition coefficient (Wildman–Crippen LogP) is 3.57. The number of oxime groups is 1. The number of hydrogen-bond donors (Lipinski definition) is 1. The van der Waals surface area contributed by atoms with Crippen molar-refractivity contribution in [3.63, 3.8) is 0 Å². The molecule has 1 N–H and O–H groups in total. The van der Waals surface area contributed by atoms with Gasteiger partial charge >= 0.3 is 0 Å². The Labute approximate surface area is 124 Å². The summed E-state index contributed by atoms with van der Waals surface area (Å²) in [5, 5.41) is 11.6. The van der Waals surface area contributed by atoms with Crippen molar-refractivity contribution in [3.8, 4) is 11.5 Å². The fourth-order valence-electron chi connectivity index (χ4n) is 2.11. The maximum absolute atomic E-state index is 8.61. The minimum atomic E-state index is 0.420. The van der Waals surface area contributed by atoms with Gasteiger partial charge in [-0.15, -0.1) is 0 Å². The fourth-order valence-corrected chi connectivity index (χ4v) is 2.11. The molecule has 4 heteroatoms. The Kier molecular flexibility index (Phi) is 5.21. The highest BCUT2D eigenvalue weighted by Crippen LogP contribution is 2.17. The molecule has 0 bridgehead atoms. The van der Waals surface area contributed by atoms with Gasteiger partial charge in [0.15, 0.2) is 0 Å². The minimum Gasteiger partial charge on any atom is -0.490 e. The van der Waals surface area contributed by atoms with Gasteiger partial charge in [0.05, 0.1) is 6.21 Å². The lowest BCUT2D eigenvalue weighted by molar-refractivity contribution is 0.216. The van der Waals surface area contributed by atoms with Crippen LogP contribution in [0, 0.1) is 13.8 Å². The fraction of sp³-hybridized carbons (Fsp3) is 0.235. The number of para-hydroxylation sites is 1. The van der Waals surface area contributed by atoms with E-state index in [1.54, 1.807) is 0 Å². The third-order valence-corrected chi connectivity index (χ3v) is 2.92. The first-order valence-corrected chi connectivity index (χ1v) is 6.79. The third-order valence-electron chi connectivity index (χ3n) is 2.92. The van der Waals surface area contributed by atoms with Crippen LogP contribution >= 0.6 is 0 Å². The first kappa shape index (κ1) is 14.9. The summed E-state index contributed by atoms with van der Waals surface area (Å²) in [7, 11) is 0. The molecule has 0 heterocycles. The zero-order valence-corrected chi connectivity index (χ0v) is 12.2. The Morgan fingerprint density at radius 3 is 2.38 bits per heavy atom. The molecule has 0 fully saturated rings. The molecule has 0 saturated heterocycles. The molecule has 0 saturated carbocycles. The van der Waals surface area contributed by atoms with Gasteiger partial charge in [-0.2, -0.15) is 0 Å². The number of nitrogens with zero attached hydrogens (tertiary/aromatic N) is 1. The Bertz CT molecular complexity index is 603. The van der Waals surface area contributed by atoms with E-state index in [1.807, 2.05) is 50.2 Å². The third kappa shape index (κ3) is 4.53. The van der Waals surface area contributed by atoms with Gasteiger partial charge in [-0.1, -0.05) is 23.4 Å². The normalized spacial score (nSPS) is 10.8. The first-order valence-electron chi connectivity index (χ1n) is 6.79. The van der Waals surface area contributed by atoms with E-state index >= 15 is 0 Å². The van der Waals surface area contributed by atoms with E-state index in [0.717, 1.165) is 11.3 Å². The van der Waals surface area contributed by atoms with Crippen LogP contribution in [0.1, 0.15) is 16.7 Å². The molecule has 0 aliphatic heterocycles. The molecule has 4 nitrogen and oxygen atoms in total. The van der Waals surface area contributed by atoms with Gasteiger partial charge in [-0.25, -0.2) is 0 Å². The molecule has 0 aliphatic rings. The summed E-state index contributed by atoms with van der Waals surface area (Å²) in [6, 6.07) is 13.5. The van der Waals surface area contributed by atoms with Crippen LogP contribution in [0.25, 0.3) is 0 Å². The molecular formula is C17H19NO3. The molecule has 110 valence electrons. The van der Waals surface area contributed by atoms with Gasteiger partial charge in [-0.3, -0.25) is 0 Å². The van der Waals surface area contributed by atoms with Gasteiger partial charge in [0, 0.05) is 5.56 Å². The summed E-state index contributed by atoms with van der Waals surface area (Å²) >= 11 is 0. The molecule has 2 rings (SSSR count). The van der Waals surface area contributed by atoms with Crippen LogP contribution in [0.2, 0.25) is 0 Å². The smallest absolute Gasteiger partial charge is 0.128 e. The monoisotopic (exact) mass is 285 g/mol. The second-order valence-electron chi connectivity index (χ2n) is 4.80. The van der Waals surface area contributed by atoms with Crippen LogP contribution in [0.5, 0.6) is 11.5 Å². The van der Waals surface area contributed by atoms with Crippen LogP contribution in [0.3, 0.4) is 0 Å². The second kappa shape index (κ2) is 7.33. The van der Waals surface area contributed by atoms with E-state index in [0.29, 0.717) is 19.0 Å². The SMILES string of the molecule is Cc1cc(C)cc(OCCOc2ccccc2C=NO)c1. The van der Waals surface area contributed by atoms with E-state index in [2.05, 4.69) is 11.2 Å². The molecule has 0 spiro atoms. The Hall–Kier alpha value is -2.49. The molecule has 0 unspecified atom stereocenters. The predicted molar refractivity (Wildman–Crippen MR) is 82.7 cm³/mol. The molecule has 0 radical (unpaired) electrons. The minimum absolute atomic E-state index is 0.420. The van der Waals surface area contributed by atoms with Gasteiger partial charge in [0.1, 0.15) is 24.7 Å². The van der Waals surface area contributed by atoms with Gasteiger partial charge in [-0.05, 0) is 49.2 Å². The zero-order chi connectivity index (χ0) is 15.1. The summed E-state index contributed by atoms with van der Waals surface area (Å²) in [4.78, 5) is 0. The Morgan fingerprint density at radius 1 is 1.00 bits per heavy atom. The van der Waals surface area contributed by atoms with Crippen molar-refractivity contribution < 1.29 is 14.7 Å². The van der Waals surface area contributed by atoms with Crippen LogP contribution in [0.15, 0.2) is 47.6 Å². The maximum Gasteiger partial charge on any atom is 0.128 e. The molecular weight excluding hydrogens is 266 g/mol. The number of rotatable bonds is 6. The molecule has 0 atom stereocenters. The summed E-state index contributed by atoms with van der Waals surface area (Å²) in [6.07, 6.45) is 1.35. The van der Waals surface area contributed by atoms with Crippen LogP contribution in [-0.2, 0) is 0 Å². The van der Waals surface area contributed by atoms with Crippen LogP contribution < -0.4 is 9.47 Å². The average Bonchev–Trinajstić information content (AvgIpc) is 2.44. The Balaban J connectivity index is 1.87. The van der Waals surface area contributed by atoms with E-state index in [4.69, 9.17) is 14.7 Å². The topological polar surface area (TPSA) is 51.0 Å². The van der Waals surface area contributed by atoms with Gasteiger partial charge < -0.3 is 14.7 Å². The molecule has 21 heavy (non-hydrogen) atoms. The van der Waals surface area contributed by atoms with Crippen molar-refractivity contribution >= 4 is 6.21 Å². The molecule has 0 aromatic heterocycles. The van der Waals surface area contributed by atoms with E-state index < -0.39 is 0 Å². The first-order chi connectivity index (χ1) is 10.2. The quantitative estimate of drug-likeness (QED) is 0.382. The highest BCUT2D eigenvalue weighted by atomic mass is 16.5. The van der Waals surface area contributed by atoms with E-state index in [1.165, 1.54) is 17.3 Å². The molecule has 0 aliphatic carbocycles. The lowest BCUT2D eigenvalue weighted by Crippen LogP contribution is -2.10. The van der Waals surface area contributed by atoms with Crippen molar-refractivity contribution in [2.75, 3.05) is 13.2 Å². The lowest BCUT2D eigenvalue weighted by Gasteiger charge is -2.11. The van der Waals surface area contributed by atoms with Crippen LogP contribution in [0.4, 0.5) is 0 Å². The van der Waals surface area contributed by atoms with E-state index in [-0.39, 0.29) is 0 Å². The largest absolute Gasteiger partial charge is 0.490 e.